The van der Waals surface area contributed by atoms with Crippen molar-refractivity contribution in [1.29, 1.82) is 0 Å². The molecule has 0 spiro atoms. The minimum Gasteiger partial charge on any atom is -0.396 e. The van der Waals surface area contributed by atoms with Gasteiger partial charge < -0.3 is 10.0 Å². The van der Waals surface area contributed by atoms with Crippen molar-refractivity contribution >= 4 is 17.5 Å². The summed E-state index contributed by atoms with van der Waals surface area (Å²) in [5.74, 6) is -0.767. The molecule has 5 heteroatoms. The van der Waals surface area contributed by atoms with Crippen molar-refractivity contribution in [2.24, 2.45) is 0 Å². The van der Waals surface area contributed by atoms with Gasteiger partial charge in [-0.05, 0) is 43.9 Å². The number of nitrogens with zero attached hydrogens (tertiary/aromatic N) is 1. The normalized spacial score (nSPS) is 19.5. The van der Waals surface area contributed by atoms with Crippen LogP contribution in [0.4, 0.5) is 4.39 Å². The maximum Gasteiger partial charge on any atom is 0.254 e. The fourth-order valence-corrected chi connectivity index (χ4v) is 2.63. The first-order valence-electron chi connectivity index (χ1n) is 6.50. The van der Waals surface area contributed by atoms with Crippen LogP contribution in [0, 0.1) is 5.82 Å². The lowest BCUT2D eigenvalue weighted by atomic mass is 9.98. The highest BCUT2D eigenvalue weighted by molar-refractivity contribution is 6.30. The van der Waals surface area contributed by atoms with Gasteiger partial charge in [0.25, 0.3) is 5.91 Å². The van der Waals surface area contributed by atoms with E-state index in [4.69, 9.17) is 16.7 Å². The fraction of sp³-hybridized carbons (Fsp3) is 0.500. The summed E-state index contributed by atoms with van der Waals surface area (Å²) in [6.07, 6.45) is 3.47. The Morgan fingerprint density at radius 1 is 1.47 bits per heavy atom. The van der Waals surface area contributed by atoms with Gasteiger partial charge in [0.15, 0.2) is 0 Å². The lowest BCUT2D eigenvalue weighted by molar-refractivity contribution is 0.0574. The maximum atomic E-state index is 13.4. The number of benzene rings is 1. The van der Waals surface area contributed by atoms with E-state index in [9.17, 15) is 9.18 Å². The number of likely N-dealkylation sites (tertiary alicyclic amines) is 1. The van der Waals surface area contributed by atoms with Gasteiger partial charge in [0.2, 0.25) is 0 Å². The topological polar surface area (TPSA) is 40.5 Å². The van der Waals surface area contributed by atoms with Gasteiger partial charge in [-0.15, -0.1) is 0 Å². The summed E-state index contributed by atoms with van der Waals surface area (Å²) in [7, 11) is 0. The molecule has 1 atom stereocenters. The molecule has 1 saturated heterocycles. The molecule has 1 N–H and O–H groups in total. The molecule has 0 radical (unpaired) electrons. The van der Waals surface area contributed by atoms with Crippen molar-refractivity contribution in [3.63, 3.8) is 0 Å². The van der Waals surface area contributed by atoms with E-state index in [1.807, 2.05) is 0 Å². The van der Waals surface area contributed by atoms with Gasteiger partial charge in [0.1, 0.15) is 5.82 Å². The van der Waals surface area contributed by atoms with Crippen molar-refractivity contribution < 1.29 is 14.3 Å². The Hall–Kier alpha value is -1.13. The van der Waals surface area contributed by atoms with Gasteiger partial charge in [0, 0.05) is 24.8 Å². The number of aliphatic hydroxyl groups is 1. The molecule has 1 aliphatic rings. The third kappa shape index (κ3) is 3.25. The van der Waals surface area contributed by atoms with E-state index >= 15 is 0 Å². The molecule has 104 valence electrons. The number of halogens is 2. The molecule has 1 aromatic carbocycles. The van der Waals surface area contributed by atoms with Crippen molar-refractivity contribution in [3.8, 4) is 0 Å². The molecule has 0 aromatic heterocycles. The smallest absolute Gasteiger partial charge is 0.254 e. The predicted octanol–water partition coefficient (Wildman–Crippen LogP) is 2.86. The Bertz CT molecular complexity index is 465. The quantitative estimate of drug-likeness (QED) is 0.928. The highest BCUT2D eigenvalue weighted by Crippen LogP contribution is 2.23. The third-order valence-corrected chi connectivity index (χ3v) is 3.82. The average molecular weight is 286 g/mol. The van der Waals surface area contributed by atoms with Crippen LogP contribution in [0.2, 0.25) is 5.02 Å². The molecule has 0 bridgehead atoms. The van der Waals surface area contributed by atoms with Crippen LogP contribution >= 0.6 is 11.6 Å². The number of rotatable bonds is 3. The van der Waals surface area contributed by atoms with Gasteiger partial charge in [0.05, 0.1) is 5.02 Å². The summed E-state index contributed by atoms with van der Waals surface area (Å²) in [5.41, 5.74) is 0.312. The molecule has 0 aliphatic carbocycles. The van der Waals surface area contributed by atoms with Crippen LogP contribution < -0.4 is 0 Å². The fourth-order valence-electron chi connectivity index (χ4n) is 2.51. The molecule has 1 fully saturated rings. The summed E-state index contributed by atoms with van der Waals surface area (Å²) < 4.78 is 13.4. The van der Waals surface area contributed by atoms with Gasteiger partial charge >= 0.3 is 0 Å². The van der Waals surface area contributed by atoms with E-state index in [1.165, 1.54) is 12.1 Å². The maximum absolute atomic E-state index is 13.4. The summed E-state index contributed by atoms with van der Waals surface area (Å²) >= 11 is 5.62. The van der Waals surface area contributed by atoms with Crippen LogP contribution in [0.3, 0.4) is 0 Å². The monoisotopic (exact) mass is 285 g/mol. The van der Waals surface area contributed by atoms with E-state index in [0.717, 1.165) is 19.3 Å². The van der Waals surface area contributed by atoms with Crippen molar-refractivity contribution in [2.45, 2.75) is 31.7 Å². The summed E-state index contributed by atoms with van der Waals surface area (Å²) in [6.45, 7) is 0.719. The van der Waals surface area contributed by atoms with E-state index in [2.05, 4.69) is 0 Å². The highest BCUT2D eigenvalue weighted by Gasteiger charge is 2.27. The first-order chi connectivity index (χ1) is 9.13. The number of hydrogen-bond donors (Lipinski definition) is 1. The molecule has 1 amide bonds. The highest BCUT2D eigenvalue weighted by atomic mass is 35.5. The summed E-state index contributed by atoms with van der Waals surface area (Å²) in [6, 6.07) is 4.16. The van der Waals surface area contributed by atoms with Crippen LogP contribution in [-0.4, -0.2) is 35.1 Å². The van der Waals surface area contributed by atoms with Gasteiger partial charge in [-0.2, -0.15) is 0 Å². The van der Waals surface area contributed by atoms with Gasteiger partial charge in [-0.1, -0.05) is 11.6 Å². The lowest BCUT2D eigenvalue weighted by Crippen LogP contribution is -2.44. The van der Waals surface area contributed by atoms with E-state index < -0.39 is 5.82 Å². The SMILES string of the molecule is O=C(c1ccc(Cl)c(F)c1)N1CCCCC1CCO. The minimum atomic E-state index is -0.580. The molecular formula is C14H17ClFNO2. The largest absolute Gasteiger partial charge is 0.396 e. The van der Waals surface area contributed by atoms with E-state index in [0.29, 0.717) is 18.5 Å². The molecule has 1 heterocycles. The van der Waals surface area contributed by atoms with Crippen LogP contribution in [0.25, 0.3) is 0 Å². The molecule has 0 saturated carbocycles. The zero-order valence-electron chi connectivity index (χ0n) is 10.6. The third-order valence-electron chi connectivity index (χ3n) is 3.52. The molecule has 2 rings (SSSR count). The molecule has 19 heavy (non-hydrogen) atoms. The van der Waals surface area contributed by atoms with Crippen LogP contribution in [-0.2, 0) is 0 Å². The Morgan fingerprint density at radius 2 is 2.26 bits per heavy atom. The zero-order valence-corrected chi connectivity index (χ0v) is 11.4. The van der Waals surface area contributed by atoms with E-state index in [1.54, 1.807) is 11.0 Å². The molecule has 1 unspecified atom stereocenters. The standard InChI is InChI=1S/C14H17ClFNO2/c15-12-5-4-10(9-13(12)16)14(19)17-7-2-1-3-11(17)6-8-18/h4-5,9,11,18H,1-3,6-8H2. The Kier molecular flexibility index (Phi) is 4.77. The molecule has 1 aliphatic heterocycles. The van der Waals surface area contributed by atoms with Crippen molar-refractivity contribution in [3.05, 3.63) is 34.6 Å². The van der Waals surface area contributed by atoms with Gasteiger partial charge in [-0.3, -0.25) is 4.79 Å². The number of piperidine rings is 1. The van der Waals surface area contributed by atoms with E-state index in [-0.39, 0.29) is 23.6 Å². The van der Waals surface area contributed by atoms with Crippen LogP contribution in [0.1, 0.15) is 36.0 Å². The number of amides is 1. The van der Waals surface area contributed by atoms with Crippen molar-refractivity contribution in [2.75, 3.05) is 13.2 Å². The first kappa shape index (κ1) is 14.3. The summed E-state index contributed by atoms with van der Waals surface area (Å²) in [4.78, 5) is 14.1. The Morgan fingerprint density at radius 3 is 2.95 bits per heavy atom. The molecular weight excluding hydrogens is 269 g/mol. The predicted molar refractivity (Wildman–Crippen MR) is 71.8 cm³/mol. The lowest BCUT2D eigenvalue weighted by Gasteiger charge is -2.35. The van der Waals surface area contributed by atoms with Crippen molar-refractivity contribution in [1.82, 2.24) is 4.90 Å². The summed E-state index contributed by atoms with van der Waals surface area (Å²) in [5, 5.41) is 9.07. The zero-order chi connectivity index (χ0) is 13.8. The van der Waals surface area contributed by atoms with Crippen LogP contribution in [0.5, 0.6) is 0 Å². The minimum absolute atomic E-state index is 0.0158. The molecule has 1 aromatic rings. The Labute approximate surface area is 117 Å². The second kappa shape index (κ2) is 6.35. The number of carbonyl (C=O) groups excluding carboxylic acids is 1. The first-order valence-corrected chi connectivity index (χ1v) is 6.88. The van der Waals surface area contributed by atoms with Crippen LogP contribution in [0.15, 0.2) is 18.2 Å². The average Bonchev–Trinajstić information content (AvgIpc) is 2.42. The second-order valence-electron chi connectivity index (χ2n) is 4.79. The second-order valence-corrected chi connectivity index (χ2v) is 5.20. The number of carbonyl (C=O) groups is 1. The number of hydrogen-bond acceptors (Lipinski definition) is 2. The Balaban J connectivity index is 2.18. The number of aliphatic hydroxyl groups excluding tert-OH is 1. The molecule has 3 nitrogen and oxygen atoms in total. The van der Waals surface area contributed by atoms with Gasteiger partial charge in [-0.25, -0.2) is 4.39 Å².